The van der Waals surface area contributed by atoms with Gasteiger partial charge < -0.3 is 15.4 Å². The van der Waals surface area contributed by atoms with Gasteiger partial charge in [-0.1, -0.05) is 0 Å². The second-order valence-corrected chi connectivity index (χ2v) is 3.96. The zero-order valence-corrected chi connectivity index (χ0v) is 8.67. The van der Waals surface area contributed by atoms with Gasteiger partial charge in [-0.3, -0.25) is 4.79 Å². The maximum Gasteiger partial charge on any atom is 0.258 e. The van der Waals surface area contributed by atoms with Gasteiger partial charge in [0.2, 0.25) is 0 Å². The summed E-state index contributed by atoms with van der Waals surface area (Å²) >= 11 is 0. The topological polar surface area (TPSA) is 55.6 Å². The van der Waals surface area contributed by atoms with Crippen molar-refractivity contribution in [2.45, 2.75) is 31.9 Å². The Hall–Kier alpha value is -1.03. The summed E-state index contributed by atoms with van der Waals surface area (Å²) < 4.78 is 5.49. The van der Waals surface area contributed by atoms with Crippen LogP contribution in [0.5, 0.6) is 0 Å². The summed E-state index contributed by atoms with van der Waals surface area (Å²) in [6.45, 7) is 2.56. The highest BCUT2D eigenvalue weighted by molar-refractivity contribution is 6.03. The van der Waals surface area contributed by atoms with Crippen LogP contribution in [-0.4, -0.2) is 30.2 Å². The molecular weight excluding hydrogens is 180 g/mol. The quantitative estimate of drug-likeness (QED) is 0.493. The first-order chi connectivity index (χ1) is 6.63. The molecule has 1 amide bonds. The smallest absolute Gasteiger partial charge is 0.258 e. The van der Waals surface area contributed by atoms with Crippen molar-refractivity contribution in [2.24, 2.45) is 5.73 Å². The molecule has 2 fully saturated rings. The normalized spacial score (nSPS) is 35.0. The zero-order valence-electron chi connectivity index (χ0n) is 8.67. The maximum absolute atomic E-state index is 11.7. The van der Waals surface area contributed by atoms with E-state index in [4.69, 9.17) is 10.5 Å². The number of nitrogens with zero attached hydrogens (tertiary/aromatic N) is 1. The van der Waals surface area contributed by atoms with Crippen molar-refractivity contribution in [3.8, 4) is 0 Å². The van der Waals surface area contributed by atoms with Gasteiger partial charge in [0.05, 0.1) is 5.57 Å². The highest BCUT2D eigenvalue weighted by Crippen LogP contribution is 2.45. The Morgan fingerprint density at radius 2 is 2.29 bits per heavy atom. The number of hydrogen-bond acceptors (Lipinski definition) is 3. The minimum absolute atomic E-state index is 0.0477. The van der Waals surface area contributed by atoms with E-state index in [1.54, 1.807) is 18.9 Å². The Kier molecular flexibility index (Phi) is 2.03. The van der Waals surface area contributed by atoms with Crippen LogP contribution in [0.15, 0.2) is 11.3 Å². The van der Waals surface area contributed by atoms with Crippen LogP contribution in [0.4, 0.5) is 0 Å². The van der Waals surface area contributed by atoms with Gasteiger partial charge in [-0.15, -0.1) is 0 Å². The Morgan fingerprint density at radius 3 is 2.86 bits per heavy atom. The molecule has 1 atom stereocenters. The van der Waals surface area contributed by atoms with E-state index in [9.17, 15) is 4.79 Å². The van der Waals surface area contributed by atoms with Gasteiger partial charge in [0.1, 0.15) is 0 Å². The molecule has 0 radical (unpaired) electrons. The molecule has 2 rings (SSSR count). The summed E-state index contributed by atoms with van der Waals surface area (Å²) in [4.78, 5) is 13.5. The molecule has 0 spiro atoms. The molecule has 2 N–H and O–H groups in total. The fraction of sp³-hybridized carbons (Fsp3) is 0.700. The lowest BCUT2D eigenvalue weighted by atomic mass is 9.81. The Bertz CT molecular complexity index is 307. The molecule has 14 heavy (non-hydrogen) atoms. The van der Waals surface area contributed by atoms with Gasteiger partial charge in [0, 0.05) is 25.8 Å². The third-order valence-corrected chi connectivity index (χ3v) is 3.17. The number of piperidine rings is 1. The fourth-order valence-corrected chi connectivity index (χ4v) is 2.52. The van der Waals surface area contributed by atoms with Crippen LogP contribution in [-0.2, 0) is 9.53 Å². The second kappa shape index (κ2) is 2.98. The molecule has 0 aromatic rings. The summed E-state index contributed by atoms with van der Waals surface area (Å²) in [6.07, 6.45) is 3.03. The van der Waals surface area contributed by atoms with Gasteiger partial charge in [0.15, 0.2) is 5.72 Å². The van der Waals surface area contributed by atoms with E-state index in [1.807, 2.05) is 0 Å². The summed E-state index contributed by atoms with van der Waals surface area (Å²) in [6, 6.07) is 0. The Morgan fingerprint density at radius 1 is 1.57 bits per heavy atom. The van der Waals surface area contributed by atoms with Crippen molar-refractivity contribution >= 4 is 5.91 Å². The third-order valence-electron chi connectivity index (χ3n) is 3.17. The number of amides is 1. The minimum atomic E-state index is -0.492. The highest BCUT2D eigenvalue weighted by atomic mass is 16.5. The molecule has 0 aromatic heterocycles. The molecule has 0 saturated carbocycles. The van der Waals surface area contributed by atoms with Crippen molar-refractivity contribution in [3.05, 3.63) is 11.3 Å². The van der Waals surface area contributed by atoms with E-state index in [-0.39, 0.29) is 5.91 Å². The third kappa shape index (κ3) is 0.945. The van der Waals surface area contributed by atoms with E-state index in [0.717, 1.165) is 25.8 Å². The molecule has 4 heteroatoms. The van der Waals surface area contributed by atoms with Gasteiger partial charge in [-0.2, -0.15) is 0 Å². The standard InChI is InChI=1S/C10H16N2O2/c1-7(11)8-9(13)12-6-4-3-5-10(8,12)14-2/h3-6,11H2,1-2H3/b8-7-. The average Bonchev–Trinajstić information content (AvgIpc) is 2.15. The number of carbonyl (C=O) groups excluding carboxylic acids is 1. The van der Waals surface area contributed by atoms with Crippen LogP contribution in [0.3, 0.4) is 0 Å². The van der Waals surface area contributed by atoms with Crippen LogP contribution in [0.25, 0.3) is 0 Å². The lowest BCUT2D eigenvalue weighted by molar-refractivity contribution is -0.192. The molecule has 1 unspecified atom stereocenters. The number of ether oxygens (including phenoxy) is 1. The van der Waals surface area contributed by atoms with E-state index in [1.165, 1.54) is 0 Å². The van der Waals surface area contributed by atoms with Gasteiger partial charge >= 0.3 is 0 Å². The van der Waals surface area contributed by atoms with Crippen LogP contribution in [0, 0.1) is 0 Å². The minimum Gasteiger partial charge on any atom is -0.402 e. The lowest BCUT2D eigenvalue weighted by Crippen LogP contribution is -2.69. The number of allylic oxidation sites excluding steroid dienone is 1. The number of carbonyl (C=O) groups is 1. The SMILES string of the molecule is COC12CCCCN1C(=O)/C2=C(\C)N. The van der Waals surface area contributed by atoms with Gasteiger partial charge in [0.25, 0.3) is 5.91 Å². The predicted molar refractivity (Wildman–Crippen MR) is 52.2 cm³/mol. The van der Waals surface area contributed by atoms with E-state index in [2.05, 4.69) is 0 Å². The van der Waals surface area contributed by atoms with Crippen LogP contribution >= 0.6 is 0 Å². The molecule has 4 nitrogen and oxygen atoms in total. The molecule has 2 saturated heterocycles. The first kappa shape index (κ1) is 9.52. The molecule has 2 heterocycles. The second-order valence-electron chi connectivity index (χ2n) is 3.96. The van der Waals surface area contributed by atoms with Crippen molar-refractivity contribution in [1.29, 1.82) is 0 Å². The van der Waals surface area contributed by atoms with E-state index >= 15 is 0 Å². The van der Waals surface area contributed by atoms with Crippen molar-refractivity contribution in [2.75, 3.05) is 13.7 Å². The molecule has 2 aliphatic rings. The first-order valence-electron chi connectivity index (χ1n) is 4.97. The summed E-state index contributed by atoms with van der Waals surface area (Å²) in [5.41, 5.74) is 6.48. The number of β-lactam (4-membered cyclic amide) rings is 1. The van der Waals surface area contributed by atoms with Crippen LogP contribution < -0.4 is 5.73 Å². The van der Waals surface area contributed by atoms with Crippen molar-refractivity contribution in [1.82, 2.24) is 4.90 Å². The van der Waals surface area contributed by atoms with E-state index < -0.39 is 5.72 Å². The van der Waals surface area contributed by atoms with Crippen LogP contribution in [0.1, 0.15) is 26.2 Å². The van der Waals surface area contributed by atoms with E-state index in [0.29, 0.717) is 11.3 Å². The number of fused-ring (bicyclic) bond motifs is 1. The molecule has 78 valence electrons. The lowest BCUT2D eigenvalue weighted by Gasteiger charge is -2.55. The molecule has 2 aliphatic heterocycles. The van der Waals surface area contributed by atoms with Crippen molar-refractivity contribution < 1.29 is 9.53 Å². The Balaban J connectivity index is 2.38. The van der Waals surface area contributed by atoms with Crippen LogP contribution in [0.2, 0.25) is 0 Å². The molecular formula is C10H16N2O2. The number of hydrogen-bond donors (Lipinski definition) is 1. The zero-order chi connectivity index (χ0) is 10.3. The highest BCUT2D eigenvalue weighted by Gasteiger charge is 2.58. The maximum atomic E-state index is 11.7. The molecule has 0 aliphatic carbocycles. The number of nitrogens with two attached hydrogens (primary N) is 1. The van der Waals surface area contributed by atoms with Crippen molar-refractivity contribution in [3.63, 3.8) is 0 Å². The molecule has 0 bridgehead atoms. The monoisotopic (exact) mass is 196 g/mol. The number of methoxy groups -OCH3 is 1. The van der Waals surface area contributed by atoms with Gasteiger partial charge in [-0.05, 0) is 19.8 Å². The number of rotatable bonds is 1. The van der Waals surface area contributed by atoms with Gasteiger partial charge in [-0.25, -0.2) is 0 Å². The predicted octanol–water partition coefficient (Wildman–Crippen LogP) is 0.588. The first-order valence-corrected chi connectivity index (χ1v) is 4.97. The summed E-state index contributed by atoms with van der Waals surface area (Å²) in [7, 11) is 1.65. The summed E-state index contributed by atoms with van der Waals surface area (Å²) in [5.74, 6) is 0.0477. The average molecular weight is 196 g/mol. The fourth-order valence-electron chi connectivity index (χ4n) is 2.52. The Labute approximate surface area is 83.7 Å². The largest absolute Gasteiger partial charge is 0.402 e. The summed E-state index contributed by atoms with van der Waals surface area (Å²) in [5, 5.41) is 0. The molecule has 0 aromatic carbocycles.